The summed E-state index contributed by atoms with van der Waals surface area (Å²) < 4.78 is 0. The van der Waals surface area contributed by atoms with Gasteiger partial charge in [-0.15, -0.1) is 0 Å². The fraction of sp³-hybridized carbons (Fsp3) is 0.400. The largest absolute Gasteiger partial charge is 0.369 e. The molecular formula is C15H22N4O. The van der Waals surface area contributed by atoms with Gasteiger partial charge in [0.25, 0.3) is 0 Å². The number of piperazine rings is 1. The molecule has 5 nitrogen and oxygen atoms in total. The lowest BCUT2D eigenvalue weighted by molar-refractivity contribution is 0.254. The van der Waals surface area contributed by atoms with Crippen LogP contribution in [0.2, 0.25) is 0 Å². The highest BCUT2D eigenvalue weighted by Gasteiger charge is 2.14. The van der Waals surface area contributed by atoms with Gasteiger partial charge in [-0.3, -0.25) is 0 Å². The minimum Gasteiger partial charge on any atom is -0.369 e. The van der Waals surface area contributed by atoms with Crippen LogP contribution >= 0.6 is 0 Å². The van der Waals surface area contributed by atoms with Crippen LogP contribution in [0.15, 0.2) is 36.5 Å². The third kappa shape index (κ3) is 3.99. The molecule has 2 N–H and O–H groups in total. The van der Waals surface area contributed by atoms with Crippen LogP contribution in [0, 0.1) is 0 Å². The Morgan fingerprint density at radius 2 is 1.75 bits per heavy atom. The first-order valence-corrected chi connectivity index (χ1v) is 6.81. The lowest BCUT2D eigenvalue weighted by Crippen LogP contribution is -2.44. The molecule has 2 amide bonds. The normalized spacial score (nSPS) is 15.8. The van der Waals surface area contributed by atoms with Crippen molar-refractivity contribution in [2.24, 2.45) is 0 Å². The van der Waals surface area contributed by atoms with E-state index in [1.54, 1.807) is 6.92 Å². The zero-order valence-electron chi connectivity index (χ0n) is 12.1. The smallest absolute Gasteiger partial charge is 0.323 e. The molecule has 1 aliphatic rings. The molecule has 0 radical (unpaired) electrons. The second-order valence-corrected chi connectivity index (χ2v) is 5.20. The summed E-state index contributed by atoms with van der Waals surface area (Å²) in [5.74, 6) is 0. The molecule has 0 spiro atoms. The number of hydrogen-bond donors (Lipinski definition) is 2. The Kier molecular flexibility index (Phi) is 4.63. The van der Waals surface area contributed by atoms with E-state index < -0.39 is 0 Å². The topological polar surface area (TPSA) is 47.6 Å². The van der Waals surface area contributed by atoms with Crippen molar-refractivity contribution in [2.75, 3.05) is 43.4 Å². The van der Waals surface area contributed by atoms with E-state index in [0.717, 1.165) is 31.9 Å². The molecule has 1 aromatic rings. The molecule has 0 atom stereocenters. The van der Waals surface area contributed by atoms with Crippen LogP contribution in [0.3, 0.4) is 0 Å². The van der Waals surface area contributed by atoms with Crippen molar-refractivity contribution in [2.45, 2.75) is 6.92 Å². The monoisotopic (exact) mass is 274 g/mol. The quantitative estimate of drug-likeness (QED) is 0.887. The van der Waals surface area contributed by atoms with Crippen LogP contribution in [0.25, 0.3) is 0 Å². The number of nitrogens with zero attached hydrogens (tertiary/aromatic N) is 2. The third-order valence-electron chi connectivity index (χ3n) is 3.32. The van der Waals surface area contributed by atoms with Gasteiger partial charge in [-0.05, 0) is 38.2 Å². The maximum absolute atomic E-state index is 11.5. The summed E-state index contributed by atoms with van der Waals surface area (Å²) >= 11 is 0. The van der Waals surface area contributed by atoms with E-state index in [2.05, 4.69) is 34.1 Å². The third-order valence-corrected chi connectivity index (χ3v) is 3.32. The predicted octanol–water partition coefficient (Wildman–Crippen LogP) is 2.09. The van der Waals surface area contributed by atoms with Crippen molar-refractivity contribution in [3.63, 3.8) is 0 Å². The Balaban J connectivity index is 1.92. The number of benzene rings is 1. The summed E-state index contributed by atoms with van der Waals surface area (Å²) in [6.07, 6.45) is 0. The Labute approximate surface area is 120 Å². The molecule has 1 aromatic carbocycles. The Hall–Kier alpha value is -2.01. The zero-order valence-corrected chi connectivity index (χ0v) is 12.1. The average Bonchev–Trinajstić information content (AvgIpc) is 2.39. The molecule has 1 saturated heterocycles. The Bertz CT molecular complexity index is 475. The van der Waals surface area contributed by atoms with Crippen LogP contribution in [-0.4, -0.2) is 44.2 Å². The van der Waals surface area contributed by atoms with Gasteiger partial charge < -0.3 is 20.4 Å². The van der Waals surface area contributed by atoms with Crippen molar-refractivity contribution >= 4 is 17.4 Å². The molecule has 1 aliphatic heterocycles. The van der Waals surface area contributed by atoms with Gasteiger partial charge in [0.15, 0.2) is 0 Å². The van der Waals surface area contributed by atoms with Crippen LogP contribution in [0.1, 0.15) is 6.92 Å². The summed E-state index contributed by atoms with van der Waals surface area (Å²) in [5, 5.41) is 5.39. The van der Waals surface area contributed by atoms with Gasteiger partial charge in [0, 0.05) is 43.3 Å². The summed E-state index contributed by atoms with van der Waals surface area (Å²) in [7, 11) is 2.14. The molecule has 5 heteroatoms. The maximum atomic E-state index is 11.5. The molecule has 1 heterocycles. The van der Waals surface area contributed by atoms with E-state index in [0.29, 0.717) is 5.70 Å². The van der Waals surface area contributed by atoms with E-state index in [4.69, 9.17) is 0 Å². The summed E-state index contributed by atoms with van der Waals surface area (Å²) in [6.45, 7) is 9.63. The number of rotatable bonds is 3. The minimum absolute atomic E-state index is 0.259. The Morgan fingerprint density at radius 3 is 2.30 bits per heavy atom. The average molecular weight is 274 g/mol. The van der Waals surface area contributed by atoms with Crippen LogP contribution < -0.4 is 15.5 Å². The van der Waals surface area contributed by atoms with E-state index in [9.17, 15) is 4.79 Å². The Morgan fingerprint density at radius 1 is 1.15 bits per heavy atom. The first kappa shape index (κ1) is 14.4. The van der Waals surface area contributed by atoms with Crippen molar-refractivity contribution in [1.29, 1.82) is 0 Å². The van der Waals surface area contributed by atoms with Gasteiger partial charge in [0.1, 0.15) is 0 Å². The molecule has 0 aromatic heterocycles. The van der Waals surface area contributed by atoms with E-state index in [-0.39, 0.29) is 6.03 Å². The lowest BCUT2D eigenvalue weighted by Gasteiger charge is -2.34. The van der Waals surface area contributed by atoms with Gasteiger partial charge in [0.05, 0.1) is 0 Å². The highest BCUT2D eigenvalue weighted by atomic mass is 16.2. The fourth-order valence-electron chi connectivity index (χ4n) is 2.18. The number of nitrogens with one attached hydrogen (secondary N) is 2. The summed E-state index contributed by atoms with van der Waals surface area (Å²) in [5.41, 5.74) is 2.60. The molecule has 0 unspecified atom stereocenters. The van der Waals surface area contributed by atoms with Crippen molar-refractivity contribution in [3.8, 4) is 0 Å². The molecule has 108 valence electrons. The molecule has 2 rings (SSSR count). The van der Waals surface area contributed by atoms with Gasteiger partial charge in [0.2, 0.25) is 0 Å². The van der Waals surface area contributed by atoms with Gasteiger partial charge in [-0.2, -0.15) is 0 Å². The number of carbonyl (C=O) groups excluding carboxylic acids is 1. The standard InChI is InChI=1S/C15H22N4O/c1-12(2)16-15(20)17-13-4-6-14(7-5-13)19-10-8-18(3)9-11-19/h4-7H,1,8-11H2,2-3H3,(H2,16,17,20). The van der Waals surface area contributed by atoms with Gasteiger partial charge >= 0.3 is 6.03 Å². The molecule has 20 heavy (non-hydrogen) atoms. The number of hydrogen-bond acceptors (Lipinski definition) is 3. The number of urea groups is 1. The number of anilines is 2. The van der Waals surface area contributed by atoms with Crippen molar-refractivity contribution in [3.05, 3.63) is 36.5 Å². The van der Waals surface area contributed by atoms with E-state index >= 15 is 0 Å². The second kappa shape index (κ2) is 6.43. The highest BCUT2D eigenvalue weighted by molar-refractivity contribution is 5.90. The first-order valence-electron chi connectivity index (χ1n) is 6.81. The molecular weight excluding hydrogens is 252 g/mol. The first-order chi connectivity index (χ1) is 9.54. The minimum atomic E-state index is -0.259. The fourth-order valence-corrected chi connectivity index (χ4v) is 2.18. The second-order valence-electron chi connectivity index (χ2n) is 5.20. The van der Waals surface area contributed by atoms with Gasteiger partial charge in [-0.1, -0.05) is 6.58 Å². The van der Waals surface area contributed by atoms with Gasteiger partial charge in [-0.25, -0.2) is 4.79 Å². The maximum Gasteiger partial charge on any atom is 0.323 e. The SMILES string of the molecule is C=C(C)NC(=O)Nc1ccc(N2CCN(C)CC2)cc1. The zero-order chi connectivity index (χ0) is 14.5. The molecule has 0 aliphatic carbocycles. The number of likely N-dealkylation sites (N-methyl/N-ethyl adjacent to an activating group) is 1. The molecule has 0 saturated carbocycles. The van der Waals surface area contributed by atoms with Crippen LogP contribution in [-0.2, 0) is 0 Å². The van der Waals surface area contributed by atoms with E-state index in [1.165, 1.54) is 5.69 Å². The van der Waals surface area contributed by atoms with Crippen LogP contribution in [0.5, 0.6) is 0 Å². The highest BCUT2D eigenvalue weighted by Crippen LogP contribution is 2.19. The summed E-state index contributed by atoms with van der Waals surface area (Å²) in [4.78, 5) is 16.2. The summed E-state index contributed by atoms with van der Waals surface area (Å²) in [6, 6.07) is 7.67. The lowest BCUT2D eigenvalue weighted by atomic mass is 10.2. The number of allylic oxidation sites excluding steroid dienone is 1. The number of amides is 2. The molecule has 0 bridgehead atoms. The number of carbonyl (C=O) groups is 1. The predicted molar refractivity (Wildman–Crippen MR) is 83.1 cm³/mol. The van der Waals surface area contributed by atoms with E-state index in [1.807, 2.05) is 24.3 Å². The van der Waals surface area contributed by atoms with Crippen molar-refractivity contribution < 1.29 is 4.79 Å². The molecule has 1 fully saturated rings. The van der Waals surface area contributed by atoms with Crippen LogP contribution in [0.4, 0.5) is 16.2 Å². The van der Waals surface area contributed by atoms with Crippen molar-refractivity contribution in [1.82, 2.24) is 10.2 Å².